The number of alkyl halides is 2. The summed E-state index contributed by atoms with van der Waals surface area (Å²) in [5.41, 5.74) is 0.771. The molecule has 1 aromatic carbocycles. The zero-order valence-electron chi connectivity index (χ0n) is 17.6. The fraction of sp³-hybridized carbons (Fsp3) is 0.435. The van der Waals surface area contributed by atoms with Crippen LogP contribution in [0.3, 0.4) is 0 Å². The number of amides is 3. The van der Waals surface area contributed by atoms with Gasteiger partial charge in [0.15, 0.2) is 0 Å². The number of carbonyl (C=O) groups is 2. The summed E-state index contributed by atoms with van der Waals surface area (Å²) < 4.78 is 30.7. The third-order valence-electron chi connectivity index (χ3n) is 6.01. The zero-order valence-corrected chi connectivity index (χ0v) is 17.6. The Hall–Kier alpha value is -3.23. The average Bonchev–Trinajstić information content (AvgIpc) is 3.20. The first kappa shape index (κ1) is 22.0. The summed E-state index contributed by atoms with van der Waals surface area (Å²) in [4.78, 5) is 32.3. The summed E-state index contributed by atoms with van der Waals surface area (Å²) >= 11 is 0. The van der Waals surface area contributed by atoms with E-state index in [1.54, 1.807) is 0 Å². The smallest absolute Gasteiger partial charge is 0.407 e. The van der Waals surface area contributed by atoms with Crippen LogP contribution in [0.25, 0.3) is 0 Å². The normalized spacial score (nSPS) is 21.2. The van der Waals surface area contributed by atoms with Crippen LogP contribution in [0.1, 0.15) is 43.2 Å². The van der Waals surface area contributed by atoms with Gasteiger partial charge in [-0.1, -0.05) is 30.3 Å². The van der Waals surface area contributed by atoms with Crippen LogP contribution in [-0.4, -0.2) is 47.2 Å². The summed E-state index contributed by atoms with van der Waals surface area (Å²) in [5, 5.41) is 2.91. The highest BCUT2D eigenvalue weighted by atomic mass is 19.3. The molecule has 0 spiro atoms. The van der Waals surface area contributed by atoms with Crippen molar-refractivity contribution in [2.75, 3.05) is 18.0 Å². The molecule has 1 saturated carbocycles. The van der Waals surface area contributed by atoms with E-state index >= 15 is 0 Å². The van der Waals surface area contributed by atoms with Gasteiger partial charge in [-0.05, 0) is 43.4 Å². The average molecular weight is 444 g/mol. The van der Waals surface area contributed by atoms with Crippen LogP contribution in [0.2, 0.25) is 0 Å². The van der Waals surface area contributed by atoms with Crippen molar-refractivity contribution in [3.8, 4) is 0 Å². The summed E-state index contributed by atoms with van der Waals surface area (Å²) in [6.07, 6.45) is 1.18. The molecular weight excluding hydrogens is 418 g/mol. The van der Waals surface area contributed by atoms with Crippen LogP contribution in [0, 0.1) is 0 Å². The number of carbonyl (C=O) groups excluding carboxylic acids is 2. The molecule has 0 bridgehead atoms. The number of hydrogen-bond donors (Lipinski definition) is 1. The fourth-order valence-electron chi connectivity index (χ4n) is 4.25. The molecule has 1 saturated heterocycles. The molecule has 170 valence electrons. The Morgan fingerprint density at radius 2 is 1.84 bits per heavy atom. The molecule has 1 aliphatic heterocycles. The number of benzene rings is 1. The quantitative estimate of drug-likeness (QED) is 0.712. The molecule has 0 unspecified atom stereocenters. The minimum Gasteiger partial charge on any atom is -0.445 e. The van der Waals surface area contributed by atoms with E-state index < -0.39 is 12.5 Å². The zero-order chi connectivity index (χ0) is 22.5. The van der Waals surface area contributed by atoms with Crippen molar-refractivity contribution in [1.82, 2.24) is 15.2 Å². The molecule has 2 aliphatic rings. The van der Waals surface area contributed by atoms with E-state index in [1.807, 2.05) is 35.2 Å². The first-order chi connectivity index (χ1) is 15.5. The number of alkyl carbamates (subject to hydrolysis) is 1. The Morgan fingerprint density at radius 1 is 1.09 bits per heavy atom. The maximum atomic E-state index is 12.9. The Morgan fingerprint density at radius 3 is 2.50 bits per heavy atom. The summed E-state index contributed by atoms with van der Waals surface area (Å²) in [6.45, 7) is 1.27. The maximum absolute atomic E-state index is 12.9. The largest absolute Gasteiger partial charge is 0.445 e. The lowest BCUT2D eigenvalue weighted by atomic mass is 9.90. The summed E-state index contributed by atoms with van der Waals surface area (Å²) in [6, 6.07) is 12.2. The maximum Gasteiger partial charge on any atom is 0.407 e. The molecule has 32 heavy (non-hydrogen) atoms. The highest BCUT2D eigenvalue weighted by Gasteiger charge is 2.37. The predicted octanol–water partition coefficient (Wildman–Crippen LogP) is 4.50. The molecule has 1 aliphatic carbocycles. The molecule has 2 fully saturated rings. The fourth-order valence-corrected chi connectivity index (χ4v) is 4.25. The minimum atomic E-state index is -2.58. The van der Waals surface area contributed by atoms with Crippen molar-refractivity contribution in [1.29, 1.82) is 0 Å². The van der Waals surface area contributed by atoms with Gasteiger partial charge < -0.3 is 15.0 Å². The van der Waals surface area contributed by atoms with Crippen molar-refractivity contribution in [2.45, 2.75) is 50.8 Å². The molecule has 2 aromatic rings. The topological polar surface area (TPSA) is 74.8 Å². The second kappa shape index (κ2) is 9.93. The van der Waals surface area contributed by atoms with Gasteiger partial charge in [0.25, 0.3) is 6.43 Å². The van der Waals surface area contributed by atoms with E-state index in [1.165, 1.54) is 17.0 Å². The summed E-state index contributed by atoms with van der Waals surface area (Å²) in [7, 11) is 0. The number of hydrogen-bond acceptors (Lipinski definition) is 4. The van der Waals surface area contributed by atoms with Crippen LogP contribution in [0.5, 0.6) is 0 Å². The van der Waals surface area contributed by atoms with Gasteiger partial charge in [0.1, 0.15) is 12.4 Å². The van der Waals surface area contributed by atoms with Gasteiger partial charge in [-0.25, -0.2) is 23.4 Å². The number of halogens is 2. The van der Waals surface area contributed by atoms with Gasteiger partial charge in [-0.3, -0.25) is 4.90 Å². The van der Waals surface area contributed by atoms with Crippen LogP contribution in [-0.2, 0) is 11.3 Å². The Labute approximate surface area is 185 Å². The Kier molecular flexibility index (Phi) is 6.82. The van der Waals surface area contributed by atoms with Crippen molar-refractivity contribution in [3.63, 3.8) is 0 Å². The van der Waals surface area contributed by atoms with E-state index in [0.717, 1.165) is 37.4 Å². The van der Waals surface area contributed by atoms with Crippen molar-refractivity contribution in [2.24, 2.45) is 0 Å². The van der Waals surface area contributed by atoms with E-state index in [9.17, 15) is 18.4 Å². The number of anilines is 1. The SMILES string of the molecule is O=C(NC1CCC(N2CCN(c3ccc(C(F)F)cn3)C2=O)CC1)OCc1ccccc1. The van der Waals surface area contributed by atoms with Gasteiger partial charge in [-0.2, -0.15) is 0 Å². The number of nitrogens with zero attached hydrogens (tertiary/aromatic N) is 3. The molecule has 1 N–H and O–H groups in total. The molecule has 0 radical (unpaired) electrons. The van der Waals surface area contributed by atoms with Crippen LogP contribution in [0.15, 0.2) is 48.7 Å². The van der Waals surface area contributed by atoms with Crippen molar-refractivity contribution in [3.05, 3.63) is 59.8 Å². The van der Waals surface area contributed by atoms with Gasteiger partial charge in [0.2, 0.25) is 0 Å². The van der Waals surface area contributed by atoms with Gasteiger partial charge in [-0.15, -0.1) is 0 Å². The standard InChI is InChI=1S/C23H26F2N4O3/c24-21(25)17-6-11-20(26-14-17)29-13-12-28(23(29)31)19-9-7-18(8-10-19)27-22(30)32-15-16-4-2-1-3-5-16/h1-6,11,14,18-19,21H,7-10,12-13,15H2,(H,27,30). The number of ether oxygens (including phenoxy) is 1. The lowest BCUT2D eigenvalue weighted by molar-refractivity contribution is 0.127. The molecule has 7 nitrogen and oxygen atoms in total. The number of nitrogens with one attached hydrogen (secondary N) is 1. The first-order valence-electron chi connectivity index (χ1n) is 10.8. The van der Waals surface area contributed by atoms with Crippen molar-refractivity contribution >= 4 is 17.9 Å². The third kappa shape index (κ3) is 5.15. The molecule has 0 atom stereocenters. The predicted molar refractivity (Wildman–Crippen MR) is 114 cm³/mol. The van der Waals surface area contributed by atoms with Crippen LogP contribution in [0.4, 0.5) is 24.2 Å². The number of pyridine rings is 1. The first-order valence-corrected chi connectivity index (χ1v) is 10.8. The lowest BCUT2D eigenvalue weighted by Crippen LogP contribution is -2.45. The molecule has 1 aromatic heterocycles. The highest BCUT2D eigenvalue weighted by Crippen LogP contribution is 2.28. The molecule has 3 amide bonds. The van der Waals surface area contributed by atoms with Gasteiger partial charge in [0, 0.05) is 36.9 Å². The molecule has 2 heterocycles. The minimum absolute atomic E-state index is 0.0203. The van der Waals surface area contributed by atoms with Gasteiger partial charge in [0.05, 0.1) is 0 Å². The lowest BCUT2D eigenvalue weighted by Gasteiger charge is -2.34. The molecular formula is C23H26F2N4O3. The third-order valence-corrected chi connectivity index (χ3v) is 6.01. The van der Waals surface area contributed by atoms with E-state index in [-0.39, 0.29) is 30.3 Å². The van der Waals surface area contributed by atoms with E-state index in [2.05, 4.69) is 10.3 Å². The van der Waals surface area contributed by atoms with Crippen LogP contribution >= 0.6 is 0 Å². The van der Waals surface area contributed by atoms with Crippen LogP contribution < -0.4 is 10.2 Å². The van der Waals surface area contributed by atoms with E-state index in [4.69, 9.17) is 4.74 Å². The summed E-state index contributed by atoms with van der Waals surface area (Å²) in [5.74, 6) is 0.387. The second-order valence-corrected chi connectivity index (χ2v) is 8.09. The van der Waals surface area contributed by atoms with Crippen molar-refractivity contribution < 1.29 is 23.1 Å². The number of aromatic nitrogens is 1. The molecule has 9 heteroatoms. The van der Waals surface area contributed by atoms with E-state index in [0.29, 0.717) is 18.9 Å². The second-order valence-electron chi connectivity index (χ2n) is 8.09. The van der Waals surface area contributed by atoms with Gasteiger partial charge >= 0.3 is 12.1 Å². The Balaban J connectivity index is 1.23. The number of urea groups is 1. The monoisotopic (exact) mass is 444 g/mol. The molecule has 4 rings (SSSR count). The highest BCUT2D eigenvalue weighted by molar-refractivity contribution is 5.93. The Bertz CT molecular complexity index is 919. The number of rotatable bonds is 6.